The number of hydrogen-bond donors (Lipinski definition) is 0. The highest BCUT2D eigenvalue weighted by Crippen LogP contribution is 2.41. The number of piperazine rings is 1. The third-order valence-electron chi connectivity index (χ3n) is 8.50. The molecule has 4 aromatic rings. The van der Waals surface area contributed by atoms with Gasteiger partial charge in [0.1, 0.15) is 5.82 Å². The first-order chi connectivity index (χ1) is 21.6. The first-order valence-electron chi connectivity index (χ1n) is 15.3. The average molecular weight is 620 g/mol. The monoisotopic (exact) mass is 619 g/mol. The first kappa shape index (κ1) is 30.6. The number of nitriles is 1. The van der Waals surface area contributed by atoms with Crippen LogP contribution in [0.3, 0.4) is 0 Å². The second kappa shape index (κ2) is 12.5. The number of pyridine rings is 1. The van der Waals surface area contributed by atoms with Crippen LogP contribution < -0.4 is 4.90 Å². The van der Waals surface area contributed by atoms with E-state index in [0.717, 1.165) is 39.5 Å². The molecule has 2 aliphatic rings. The summed E-state index contributed by atoms with van der Waals surface area (Å²) in [4.78, 5) is 29.7. The van der Waals surface area contributed by atoms with Crippen LogP contribution in [-0.4, -0.2) is 63.1 Å². The lowest BCUT2D eigenvalue weighted by molar-refractivity contribution is 0.121. The largest absolute Gasteiger partial charge is 0.331 e. The number of benzene rings is 2. The summed E-state index contributed by atoms with van der Waals surface area (Å²) in [6.07, 6.45) is 7.93. The zero-order valence-electron chi connectivity index (χ0n) is 26.2. The predicted molar refractivity (Wildman–Crippen MR) is 179 cm³/mol. The molecular weight excluding hydrogens is 582 g/mol. The number of aromatic nitrogens is 3. The fraction of sp³-hybridized carbons (Fsp3) is 0.333. The Morgan fingerprint density at radius 1 is 1.04 bits per heavy atom. The van der Waals surface area contributed by atoms with E-state index < -0.39 is 0 Å². The number of aryl methyl sites for hydroxylation is 1. The van der Waals surface area contributed by atoms with Crippen LogP contribution in [0.5, 0.6) is 0 Å². The topological polar surface area (TPSA) is 81.3 Å². The van der Waals surface area contributed by atoms with Crippen molar-refractivity contribution >= 4 is 35.0 Å². The lowest BCUT2D eigenvalue weighted by Gasteiger charge is -2.42. The molecular formula is C36H38ClN7O. The average Bonchev–Trinajstić information content (AvgIpc) is 3.38. The standard InChI is InChI=1S/C36H38ClN7O/c1-25-39-14-15-43(25)23-28-20-27-6-5-13-40-33(27)34(31-12-9-29(37)21-32(28)31)41-16-18-42(19-17-41)35(45)44(24-36(2,3)4)30-10-7-26(22-38)8-11-30/h5-15,20-21,34H,16-19,23-24H2,1-4H3. The van der Waals surface area contributed by atoms with Crippen molar-refractivity contribution in [1.29, 1.82) is 5.26 Å². The molecule has 3 heterocycles. The van der Waals surface area contributed by atoms with Gasteiger partial charge in [0, 0.05) is 68.6 Å². The van der Waals surface area contributed by atoms with E-state index in [1.165, 1.54) is 0 Å². The zero-order chi connectivity index (χ0) is 31.7. The molecule has 2 aromatic heterocycles. The van der Waals surface area contributed by atoms with Gasteiger partial charge >= 0.3 is 6.03 Å². The van der Waals surface area contributed by atoms with E-state index in [2.05, 4.69) is 65.6 Å². The summed E-state index contributed by atoms with van der Waals surface area (Å²) in [5, 5.41) is 9.97. The number of allylic oxidation sites excluding steroid dienone is 1. The highest BCUT2D eigenvalue weighted by Gasteiger charge is 2.35. The zero-order valence-corrected chi connectivity index (χ0v) is 27.0. The van der Waals surface area contributed by atoms with Crippen LogP contribution in [0.15, 0.2) is 73.2 Å². The van der Waals surface area contributed by atoms with Gasteiger partial charge in [-0.25, -0.2) is 9.78 Å². The van der Waals surface area contributed by atoms with Crippen LogP contribution in [-0.2, 0) is 6.54 Å². The van der Waals surface area contributed by atoms with Gasteiger partial charge in [0.25, 0.3) is 0 Å². The van der Waals surface area contributed by atoms with Gasteiger partial charge in [-0.05, 0) is 83.1 Å². The molecule has 0 saturated carbocycles. The minimum absolute atomic E-state index is 0.0134. The van der Waals surface area contributed by atoms with Gasteiger partial charge < -0.3 is 9.47 Å². The Labute approximate surface area is 270 Å². The third kappa shape index (κ3) is 6.51. The van der Waals surface area contributed by atoms with Gasteiger partial charge in [-0.2, -0.15) is 5.26 Å². The maximum atomic E-state index is 14.1. The van der Waals surface area contributed by atoms with Gasteiger partial charge in [-0.1, -0.05) is 44.5 Å². The molecule has 45 heavy (non-hydrogen) atoms. The fourth-order valence-electron chi connectivity index (χ4n) is 6.29. The van der Waals surface area contributed by atoms with Crippen molar-refractivity contribution in [3.8, 4) is 6.07 Å². The molecule has 1 aliphatic carbocycles. The number of urea groups is 1. The minimum Gasteiger partial charge on any atom is -0.331 e. The molecule has 2 amide bonds. The van der Waals surface area contributed by atoms with Crippen LogP contribution in [0.25, 0.3) is 11.6 Å². The van der Waals surface area contributed by atoms with Crippen molar-refractivity contribution in [3.05, 3.63) is 112 Å². The highest BCUT2D eigenvalue weighted by atomic mass is 35.5. The van der Waals surface area contributed by atoms with E-state index >= 15 is 0 Å². The second-order valence-corrected chi connectivity index (χ2v) is 13.4. The number of fused-ring (bicyclic) bond motifs is 2. The molecule has 0 bridgehead atoms. The molecule has 1 aliphatic heterocycles. The first-order valence-corrected chi connectivity index (χ1v) is 15.7. The van der Waals surface area contributed by atoms with Gasteiger partial charge in [0.05, 0.1) is 23.4 Å². The Morgan fingerprint density at radius 3 is 2.47 bits per heavy atom. The Morgan fingerprint density at radius 2 is 1.80 bits per heavy atom. The lowest BCUT2D eigenvalue weighted by Crippen LogP contribution is -2.54. The molecule has 1 atom stereocenters. The molecule has 1 saturated heterocycles. The van der Waals surface area contributed by atoms with Crippen molar-refractivity contribution in [2.24, 2.45) is 5.41 Å². The number of rotatable bonds is 5. The van der Waals surface area contributed by atoms with Crippen LogP contribution in [0.2, 0.25) is 5.02 Å². The maximum absolute atomic E-state index is 14.1. The molecule has 0 spiro atoms. The SMILES string of the molecule is Cc1nccn1CC1=Cc2cccnc2C(N2CCN(C(=O)N(CC(C)(C)C)c3ccc(C#N)cc3)CC2)c2ccc(Cl)cc21. The minimum atomic E-state index is -0.105. The molecule has 9 heteroatoms. The number of carbonyl (C=O) groups excluding carboxylic acids is 1. The van der Waals surface area contributed by atoms with Crippen molar-refractivity contribution in [1.82, 2.24) is 24.3 Å². The van der Waals surface area contributed by atoms with E-state index in [4.69, 9.17) is 16.6 Å². The summed E-state index contributed by atoms with van der Waals surface area (Å²) in [6.45, 7) is 12.2. The number of anilines is 1. The summed E-state index contributed by atoms with van der Waals surface area (Å²) in [6, 6.07) is 19.6. The molecule has 0 N–H and O–H groups in total. The summed E-state index contributed by atoms with van der Waals surface area (Å²) in [7, 11) is 0. The molecule has 2 aromatic carbocycles. The number of nitrogens with zero attached hydrogens (tertiary/aromatic N) is 7. The van der Waals surface area contributed by atoms with Gasteiger partial charge in [-0.15, -0.1) is 0 Å². The summed E-state index contributed by atoms with van der Waals surface area (Å²) in [5.74, 6) is 0.953. The third-order valence-corrected chi connectivity index (χ3v) is 8.74. The van der Waals surface area contributed by atoms with E-state index in [9.17, 15) is 10.1 Å². The Balaban J connectivity index is 1.29. The van der Waals surface area contributed by atoms with Crippen LogP contribution in [0.4, 0.5) is 10.5 Å². The van der Waals surface area contributed by atoms with Crippen LogP contribution >= 0.6 is 11.6 Å². The van der Waals surface area contributed by atoms with E-state index in [1.807, 2.05) is 59.6 Å². The number of amides is 2. The molecule has 230 valence electrons. The van der Waals surface area contributed by atoms with Gasteiger partial charge in [0.2, 0.25) is 0 Å². The van der Waals surface area contributed by atoms with E-state index in [0.29, 0.717) is 49.9 Å². The fourth-order valence-corrected chi connectivity index (χ4v) is 6.47. The van der Waals surface area contributed by atoms with Crippen molar-refractivity contribution in [2.45, 2.75) is 40.3 Å². The molecule has 1 fully saturated rings. The molecule has 1 unspecified atom stereocenters. The molecule has 8 nitrogen and oxygen atoms in total. The number of imidazole rings is 1. The van der Waals surface area contributed by atoms with Crippen molar-refractivity contribution in [3.63, 3.8) is 0 Å². The summed E-state index contributed by atoms with van der Waals surface area (Å²) < 4.78 is 2.15. The van der Waals surface area contributed by atoms with E-state index in [1.54, 1.807) is 12.1 Å². The molecule has 0 radical (unpaired) electrons. The smallest absolute Gasteiger partial charge is 0.324 e. The lowest BCUT2D eigenvalue weighted by atomic mass is 9.93. The number of hydrogen-bond acceptors (Lipinski definition) is 5. The normalized spacial score (nSPS) is 16.7. The number of carbonyl (C=O) groups is 1. The Kier molecular flexibility index (Phi) is 8.50. The van der Waals surface area contributed by atoms with Crippen molar-refractivity contribution in [2.75, 3.05) is 37.6 Å². The Bertz CT molecular complexity index is 1770. The maximum Gasteiger partial charge on any atom is 0.324 e. The van der Waals surface area contributed by atoms with E-state index in [-0.39, 0.29) is 17.5 Å². The van der Waals surface area contributed by atoms with Gasteiger partial charge in [-0.3, -0.25) is 14.8 Å². The van der Waals surface area contributed by atoms with Crippen molar-refractivity contribution < 1.29 is 4.79 Å². The Hall–Kier alpha value is -4.45. The highest BCUT2D eigenvalue weighted by molar-refractivity contribution is 6.30. The van der Waals surface area contributed by atoms with Crippen LogP contribution in [0, 0.1) is 23.7 Å². The van der Waals surface area contributed by atoms with Crippen LogP contribution in [0.1, 0.15) is 60.6 Å². The number of halogens is 1. The molecule has 6 rings (SSSR count). The predicted octanol–water partition coefficient (Wildman–Crippen LogP) is 7.05. The summed E-state index contributed by atoms with van der Waals surface area (Å²) in [5.41, 5.74) is 6.78. The van der Waals surface area contributed by atoms with Gasteiger partial charge in [0.15, 0.2) is 0 Å². The summed E-state index contributed by atoms with van der Waals surface area (Å²) >= 11 is 6.61. The quantitative estimate of drug-likeness (QED) is 0.239. The second-order valence-electron chi connectivity index (χ2n) is 13.0.